The molecule has 1 saturated heterocycles. The molecule has 0 bridgehead atoms. The minimum Gasteiger partial charge on any atom is -0.484 e. The molecule has 2 aromatic carbocycles. The summed E-state index contributed by atoms with van der Waals surface area (Å²) in [7, 11) is 0. The van der Waals surface area contributed by atoms with Crippen LogP contribution in [-0.2, 0) is 9.59 Å². The highest BCUT2D eigenvalue weighted by Crippen LogP contribution is 2.30. The number of hydrogen-bond acceptors (Lipinski definition) is 4. The van der Waals surface area contributed by atoms with E-state index in [0.717, 1.165) is 0 Å². The third-order valence-electron chi connectivity index (χ3n) is 4.91. The fourth-order valence-electron chi connectivity index (χ4n) is 3.36. The number of carbonyl (C=O) groups is 2. The smallest absolute Gasteiger partial charge is 0.422 e. The largest absolute Gasteiger partial charge is 0.484 e. The van der Waals surface area contributed by atoms with Crippen LogP contribution in [0.1, 0.15) is 6.42 Å². The fraction of sp³-hybridized carbons (Fsp3) is 0.227. The van der Waals surface area contributed by atoms with Crippen molar-refractivity contribution in [1.29, 1.82) is 0 Å². The van der Waals surface area contributed by atoms with E-state index in [9.17, 15) is 22.8 Å². The molecule has 0 spiro atoms. The molecule has 0 saturated carbocycles. The van der Waals surface area contributed by atoms with Crippen LogP contribution in [0.15, 0.2) is 54.6 Å². The van der Waals surface area contributed by atoms with E-state index >= 15 is 0 Å². The summed E-state index contributed by atoms with van der Waals surface area (Å²) in [4.78, 5) is 23.9. The van der Waals surface area contributed by atoms with Crippen LogP contribution in [0.5, 0.6) is 5.75 Å². The van der Waals surface area contributed by atoms with Gasteiger partial charge in [-0.25, -0.2) is 4.68 Å². The van der Waals surface area contributed by atoms with E-state index in [-0.39, 0.29) is 36.3 Å². The number of ether oxygens (including phenoxy) is 1. The van der Waals surface area contributed by atoms with Gasteiger partial charge in [-0.15, -0.1) is 5.10 Å². The van der Waals surface area contributed by atoms with Crippen molar-refractivity contribution in [2.45, 2.75) is 12.6 Å². The zero-order chi connectivity index (χ0) is 23.6. The van der Waals surface area contributed by atoms with Crippen LogP contribution in [0.2, 0.25) is 5.02 Å². The molecule has 0 unspecified atom stereocenters. The first-order valence-electron chi connectivity index (χ1n) is 9.91. The predicted octanol–water partition coefficient (Wildman–Crippen LogP) is 4.21. The summed E-state index contributed by atoms with van der Waals surface area (Å²) in [5.74, 6) is -0.803. The zero-order valence-corrected chi connectivity index (χ0v) is 17.8. The van der Waals surface area contributed by atoms with E-state index in [4.69, 9.17) is 16.3 Å². The molecule has 0 aliphatic carbocycles. The molecular weight excluding hydrogens is 461 g/mol. The quantitative estimate of drug-likeness (QED) is 0.556. The Morgan fingerprint density at radius 3 is 2.64 bits per heavy atom. The second-order valence-corrected chi connectivity index (χ2v) is 7.87. The summed E-state index contributed by atoms with van der Waals surface area (Å²) in [6, 6.07) is 14.5. The van der Waals surface area contributed by atoms with Crippen LogP contribution in [0.3, 0.4) is 0 Å². The molecule has 2 heterocycles. The highest BCUT2D eigenvalue weighted by atomic mass is 35.5. The molecule has 0 radical (unpaired) electrons. The Hall–Kier alpha value is -3.53. The zero-order valence-electron chi connectivity index (χ0n) is 17.0. The molecule has 172 valence electrons. The summed E-state index contributed by atoms with van der Waals surface area (Å²) in [6.07, 6.45) is -4.37. The van der Waals surface area contributed by atoms with Crippen LogP contribution in [0, 0.1) is 5.92 Å². The van der Waals surface area contributed by atoms with Crippen LogP contribution >= 0.6 is 11.6 Å². The number of aromatic nitrogens is 2. The van der Waals surface area contributed by atoms with E-state index in [1.165, 1.54) is 16.8 Å². The van der Waals surface area contributed by atoms with Crippen LogP contribution in [0.25, 0.3) is 16.9 Å². The summed E-state index contributed by atoms with van der Waals surface area (Å²) in [6.45, 7) is -1.17. The average Bonchev–Trinajstić information content (AvgIpc) is 3.39. The van der Waals surface area contributed by atoms with Crippen LogP contribution in [-0.4, -0.2) is 40.9 Å². The maximum Gasteiger partial charge on any atom is 0.422 e. The van der Waals surface area contributed by atoms with Crippen molar-refractivity contribution in [2.75, 3.05) is 18.5 Å². The number of amides is 2. The van der Waals surface area contributed by atoms with Crippen LogP contribution < -0.4 is 15.4 Å². The Morgan fingerprint density at radius 2 is 1.97 bits per heavy atom. The van der Waals surface area contributed by atoms with Crippen molar-refractivity contribution in [3.05, 3.63) is 59.6 Å². The molecule has 1 aliphatic rings. The second-order valence-electron chi connectivity index (χ2n) is 7.43. The van der Waals surface area contributed by atoms with E-state index in [1.54, 1.807) is 42.5 Å². The van der Waals surface area contributed by atoms with E-state index in [0.29, 0.717) is 22.0 Å². The molecule has 4 rings (SSSR count). The molecule has 7 nitrogen and oxygen atoms in total. The number of anilines is 1. The number of benzene rings is 2. The maximum absolute atomic E-state index is 12.5. The average molecular weight is 479 g/mol. The molecule has 3 aromatic rings. The third-order valence-corrected chi connectivity index (χ3v) is 5.16. The molecule has 33 heavy (non-hydrogen) atoms. The highest BCUT2D eigenvalue weighted by molar-refractivity contribution is 6.30. The third kappa shape index (κ3) is 5.64. The first-order valence-corrected chi connectivity index (χ1v) is 10.3. The van der Waals surface area contributed by atoms with Crippen molar-refractivity contribution in [3.63, 3.8) is 0 Å². The van der Waals surface area contributed by atoms with Gasteiger partial charge in [0.1, 0.15) is 5.75 Å². The van der Waals surface area contributed by atoms with Crippen molar-refractivity contribution < 1.29 is 27.5 Å². The van der Waals surface area contributed by atoms with Gasteiger partial charge in [0.2, 0.25) is 11.8 Å². The highest BCUT2D eigenvalue weighted by Gasteiger charge is 2.29. The first kappa shape index (κ1) is 22.7. The standard InChI is InChI=1S/C22H18ClF3N4O3/c23-15-4-6-16(7-5-15)30-18(13-2-1-3-17(8-13)33-12-22(24,25)26)10-19(29-30)28-21(32)14-9-20(31)27-11-14/h1-8,10,14H,9,11-12H2,(H,27,31)(H,28,29,32)/t14-/m1/s1. The number of nitrogens with zero attached hydrogens (tertiary/aromatic N) is 2. The van der Waals surface area contributed by atoms with Gasteiger partial charge in [-0.05, 0) is 36.4 Å². The van der Waals surface area contributed by atoms with Crippen molar-refractivity contribution in [1.82, 2.24) is 15.1 Å². The monoisotopic (exact) mass is 478 g/mol. The Labute approximate surface area is 191 Å². The molecule has 1 atom stereocenters. The lowest BCUT2D eigenvalue weighted by molar-refractivity contribution is -0.153. The van der Waals surface area contributed by atoms with Crippen LogP contribution in [0.4, 0.5) is 19.0 Å². The lowest BCUT2D eigenvalue weighted by Gasteiger charge is -2.11. The van der Waals surface area contributed by atoms with Gasteiger partial charge in [0.15, 0.2) is 12.4 Å². The number of hydrogen-bond donors (Lipinski definition) is 2. The predicted molar refractivity (Wildman–Crippen MR) is 115 cm³/mol. The second kappa shape index (κ2) is 9.14. The normalized spacial score (nSPS) is 15.9. The summed E-state index contributed by atoms with van der Waals surface area (Å²) < 4.78 is 44.0. The topological polar surface area (TPSA) is 85.2 Å². The van der Waals surface area contributed by atoms with Gasteiger partial charge in [0.25, 0.3) is 0 Å². The van der Waals surface area contributed by atoms with E-state index in [2.05, 4.69) is 15.7 Å². The lowest BCUT2D eigenvalue weighted by atomic mass is 10.1. The molecule has 2 N–H and O–H groups in total. The molecule has 1 aromatic heterocycles. The summed E-state index contributed by atoms with van der Waals surface area (Å²) in [5.41, 5.74) is 1.65. The number of nitrogens with one attached hydrogen (secondary N) is 2. The number of rotatable bonds is 6. The minimum absolute atomic E-state index is 0.0369. The van der Waals surface area contributed by atoms with Crippen molar-refractivity contribution in [2.24, 2.45) is 5.92 Å². The number of carbonyl (C=O) groups excluding carboxylic acids is 2. The van der Waals surface area contributed by atoms with Gasteiger partial charge >= 0.3 is 6.18 Å². The van der Waals surface area contributed by atoms with Gasteiger partial charge < -0.3 is 15.4 Å². The van der Waals surface area contributed by atoms with Crippen molar-refractivity contribution >= 4 is 29.2 Å². The lowest BCUT2D eigenvalue weighted by Crippen LogP contribution is -2.24. The molecule has 1 aliphatic heterocycles. The van der Waals surface area contributed by atoms with Gasteiger partial charge in [0.05, 0.1) is 17.3 Å². The van der Waals surface area contributed by atoms with Gasteiger partial charge in [-0.1, -0.05) is 23.7 Å². The van der Waals surface area contributed by atoms with E-state index in [1.807, 2.05) is 0 Å². The maximum atomic E-state index is 12.5. The number of halogens is 4. The van der Waals surface area contributed by atoms with Gasteiger partial charge in [-0.3, -0.25) is 9.59 Å². The Bertz CT molecular complexity index is 1180. The molecule has 1 fully saturated rings. The summed E-state index contributed by atoms with van der Waals surface area (Å²) >= 11 is 5.98. The van der Waals surface area contributed by atoms with Gasteiger partial charge in [0, 0.05) is 29.6 Å². The molecule has 2 amide bonds. The number of alkyl halides is 3. The van der Waals surface area contributed by atoms with Crippen molar-refractivity contribution in [3.8, 4) is 22.7 Å². The molecular formula is C22H18ClF3N4O3. The van der Waals surface area contributed by atoms with E-state index < -0.39 is 18.7 Å². The first-order chi connectivity index (χ1) is 15.7. The Kier molecular flexibility index (Phi) is 6.28. The molecule has 11 heteroatoms. The Morgan fingerprint density at radius 1 is 1.21 bits per heavy atom. The summed E-state index contributed by atoms with van der Waals surface area (Å²) in [5, 5.41) is 10.3. The fourth-order valence-corrected chi connectivity index (χ4v) is 3.48. The minimum atomic E-state index is -4.46. The Balaban J connectivity index is 1.66. The SMILES string of the molecule is O=C1C[C@@H](C(=O)Nc2cc(-c3cccc(OCC(F)(F)F)c3)n(-c3ccc(Cl)cc3)n2)CN1. The van der Waals surface area contributed by atoms with Gasteiger partial charge in [-0.2, -0.15) is 13.2 Å².